The Hall–Kier alpha value is -1.22. The number of rotatable bonds is 3. The molecular formula is C20H30IN3O3. The molecule has 1 aromatic carbocycles. The van der Waals surface area contributed by atoms with Crippen LogP contribution in [0.25, 0.3) is 0 Å². The van der Waals surface area contributed by atoms with Crippen LogP contribution in [-0.4, -0.2) is 57.4 Å². The molecule has 0 aliphatic carbocycles. The van der Waals surface area contributed by atoms with Gasteiger partial charge in [-0.2, -0.15) is 0 Å². The largest absolute Gasteiger partial charge is 0.496 e. The molecule has 0 saturated carbocycles. The molecule has 0 radical (unpaired) electrons. The topological polar surface area (TPSA) is 55.3 Å². The van der Waals surface area contributed by atoms with Crippen LogP contribution in [0.4, 0.5) is 0 Å². The van der Waals surface area contributed by atoms with Crippen molar-refractivity contribution in [1.29, 1.82) is 0 Å². The van der Waals surface area contributed by atoms with E-state index < -0.39 is 0 Å². The van der Waals surface area contributed by atoms with Crippen molar-refractivity contribution < 1.29 is 14.2 Å². The smallest absolute Gasteiger partial charge is 0.193 e. The van der Waals surface area contributed by atoms with E-state index in [4.69, 9.17) is 14.2 Å². The molecule has 2 unspecified atom stereocenters. The van der Waals surface area contributed by atoms with Crippen molar-refractivity contribution in [2.75, 3.05) is 40.5 Å². The van der Waals surface area contributed by atoms with Crippen LogP contribution in [0.5, 0.6) is 11.5 Å². The molecule has 4 rings (SSSR count). The van der Waals surface area contributed by atoms with E-state index in [0.717, 1.165) is 62.2 Å². The summed E-state index contributed by atoms with van der Waals surface area (Å²) in [4.78, 5) is 6.85. The maximum atomic E-state index is 5.91. The second kappa shape index (κ2) is 8.43. The van der Waals surface area contributed by atoms with Crippen molar-refractivity contribution in [3.63, 3.8) is 0 Å². The van der Waals surface area contributed by atoms with Gasteiger partial charge in [0.25, 0.3) is 0 Å². The number of nitrogens with one attached hydrogen (secondary N) is 1. The molecule has 1 N–H and O–H groups in total. The Kier molecular flexibility index (Phi) is 6.40. The van der Waals surface area contributed by atoms with Gasteiger partial charge in [0.05, 0.1) is 13.7 Å². The van der Waals surface area contributed by atoms with Gasteiger partial charge in [-0.25, -0.2) is 0 Å². The van der Waals surface area contributed by atoms with Crippen molar-refractivity contribution in [2.24, 2.45) is 10.4 Å². The predicted molar refractivity (Wildman–Crippen MR) is 116 cm³/mol. The maximum absolute atomic E-state index is 5.91. The lowest BCUT2D eigenvalue weighted by molar-refractivity contribution is 0.156. The third kappa shape index (κ3) is 4.13. The summed E-state index contributed by atoms with van der Waals surface area (Å²) in [6.45, 7) is 6.60. The lowest BCUT2D eigenvalue weighted by Crippen LogP contribution is -2.41. The summed E-state index contributed by atoms with van der Waals surface area (Å²) in [7, 11) is 3.58. The molecule has 1 aromatic rings. The Bertz CT molecular complexity index is 704. The van der Waals surface area contributed by atoms with Crippen LogP contribution in [-0.2, 0) is 17.7 Å². The average molecular weight is 487 g/mol. The van der Waals surface area contributed by atoms with E-state index in [1.54, 1.807) is 7.11 Å². The third-order valence-corrected chi connectivity index (χ3v) is 5.87. The molecule has 3 heterocycles. The Morgan fingerprint density at radius 1 is 1.41 bits per heavy atom. The second-order valence-corrected chi connectivity index (χ2v) is 7.78. The number of guanidine groups is 1. The molecule has 6 nitrogen and oxygen atoms in total. The minimum atomic E-state index is 0. The van der Waals surface area contributed by atoms with E-state index in [-0.39, 0.29) is 30.1 Å². The van der Waals surface area contributed by atoms with Crippen LogP contribution in [0.2, 0.25) is 0 Å². The second-order valence-electron chi connectivity index (χ2n) is 7.78. The fourth-order valence-corrected chi connectivity index (χ4v) is 4.40. The molecule has 2 atom stereocenters. The fraction of sp³-hybridized carbons (Fsp3) is 0.650. The van der Waals surface area contributed by atoms with Crippen molar-refractivity contribution in [3.05, 3.63) is 23.3 Å². The molecule has 7 heteroatoms. The zero-order chi connectivity index (χ0) is 18.1. The summed E-state index contributed by atoms with van der Waals surface area (Å²) < 4.78 is 17.2. The zero-order valence-electron chi connectivity index (χ0n) is 16.4. The van der Waals surface area contributed by atoms with Crippen molar-refractivity contribution >= 4 is 29.9 Å². The average Bonchev–Trinajstić information content (AvgIpc) is 3.35. The highest BCUT2D eigenvalue weighted by atomic mass is 127. The third-order valence-electron chi connectivity index (χ3n) is 5.87. The highest BCUT2D eigenvalue weighted by molar-refractivity contribution is 14.0. The monoisotopic (exact) mass is 487 g/mol. The first-order valence-electron chi connectivity index (χ1n) is 9.52. The summed E-state index contributed by atoms with van der Waals surface area (Å²) in [5.74, 6) is 2.84. The Morgan fingerprint density at radius 3 is 2.96 bits per heavy atom. The first-order valence-corrected chi connectivity index (χ1v) is 9.52. The standard InChI is InChI=1S/C20H29N3O3.HI/c1-14-8-15-9-17(24-3)16(10-18(15)26-14)11-22-19(21-2)23-6-4-20(12-23)5-7-25-13-20;/h9-10,14H,4-8,11-13H2,1-3H3,(H,21,22);1H. The van der Waals surface area contributed by atoms with E-state index in [0.29, 0.717) is 12.0 Å². The van der Waals surface area contributed by atoms with Gasteiger partial charge < -0.3 is 24.4 Å². The van der Waals surface area contributed by atoms with E-state index >= 15 is 0 Å². The van der Waals surface area contributed by atoms with Crippen LogP contribution in [0.3, 0.4) is 0 Å². The molecule has 2 fully saturated rings. The van der Waals surface area contributed by atoms with E-state index in [1.807, 2.05) is 7.05 Å². The van der Waals surface area contributed by atoms with Gasteiger partial charge >= 0.3 is 0 Å². The van der Waals surface area contributed by atoms with Crippen LogP contribution in [0.15, 0.2) is 17.1 Å². The number of benzene rings is 1. The highest BCUT2D eigenvalue weighted by Crippen LogP contribution is 2.38. The number of likely N-dealkylation sites (tertiary alicyclic amines) is 1. The minimum absolute atomic E-state index is 0. The highest BCUT2D eigenvalue weighted by Gasteiger charge is 2.42. The number of hydrogen-bond acceptors (Lipinski definition) is 4. The Labute approximate surface area is 178 Å². The summed E-state index contributed by atoms with van der Waals surface area (Å²) in [5.41, 5.74) is 2.65. The van der Waals surface area contributed by atoms with Gasteiger partial charge in [-0.3, -0.25) is 4.99 Å². The van der Waals surface area contributed by atoms with Gasteiger partial charge in [0, 0.05) is 56.3 Å². The normalized spacial score (nSPS) is 26.7. The van der Waals surface area contributed by atoms with Gasteiger partial charge in [0.15, 0.2) is 5.96 Å². The molecule has 27 heavy (non-hydrogen) atoms. The maximum Gasteiger partial charge on any atom is 0.193 e. The lowest BCUT2D eigenvalue weighted by Gasteiger charge is -2.25. The summed E-state index contributed by atoms with van der Waals surface area (Å²) in [5, 5.41) is 3.51. The molecule has 0 aromatic heterocycles. The quantitative estimate of drug-likeness (QED) is 0.404. The Balaban J connectivity index is 0.00000210. The number of halogens is 1. The summed E-state index contributed by atoms with van der Waals surface area (Å²) >= 11 is 0. The van der Waals surface area contributed by atoms with Crippen molar-refractivity contribution in [2.45, 2.75) is 38.8 Å². The van der Waals surface area contributed by atoms with Crippen LogP contribution in [0, 0.1) is 5.41 Å². The molecule has 2 saturated heterocycles. The van der Waals surface area contributed by atoms with Gasteiger partial charge in [0.2, 0.25) is 0 Å². The number of fused-ring (bicyclic) bond motifs is 1. The molecule has 1 spiro atoms. The predicted octanol–water partition coefficient (Wildman–Crippen LogP) is 2.82. The van der Waals surface area contributed by atoms with Crippen LogP contribution in [0.1, 0.15) is 30.9 Å². The molecule has 3 aliphatic rings. The van der Waals surface area contributed by atoms with Crippen molar-refractivity contribution in [1.82, 2.24) is 10.2 Å². The SMILES string of the molecule is CN=C(NCc1cc2c(cc1OC)CC(C)O2)N1CCC2(CCOC2)C1.I. The van der Waals surface area contributed by atoms with Crippen LogP contribution >= 0.6 is 24.0 Å². The molecule has 150 valence electrons. The van der Waals surface area contributed by atoms with Gasteiger partial charge in [0.1, 0.15) is 17.6 Å². The zero-order valence-corrected chi connectivity index (χ0v) is 18.7. The Morgan fingerprint density at radius 2 is 2.26 bits per heavy atom. The molecule has 3 aliphatic heterocycles. The first kappa shape index (κ1) is 20.5. The number of nitrogens with zero attached hydrogens (tertiary/aromatic N) is 2. The van der Waals surface area contributed by atoms with E-state index in [1.165, 1.54) is 12.0 Å². The first-order chi connectivity index (χ1) is 12.6. The number of ether oxygens (including phenoxy) is 3. The minimum Gasteiger partial charge on any atom is -0.496 e. The lowest BCUT2D eigenvalue weighted by atomic mass is 9.87. The summed E-state index contributed by atoms with van der Waals surface area (Å²) in [6.07, 6.45) is 3.52. The van der Waals surface area contributed by atoms with Gasteiger partial charge in [-0.1, -0.05) is 0 Å². The molecule has 0 amide bonds. The molecule has 0 bridgehead atoms. The number of hydrogen-bond donors (Lipinski definition) is 1. The fourth-order valence-electron chi connectivity index (χ4n) is 4.40. The number of methoxy groups -OCH3 is 1. The van der Waals surface area contributed by atoms with Crippen LogP contribution < -0.4 is 14.8 Å². The summed E-state index contributed by atoms with van der Waals surface area (Å²) in [6, 6.07) is 4.22. The van der Waals surface area contributed by atoms with Gasteiger partial charge in [-0.05, 0) is 31.9 Å². The van der Waals surface area contributed by atoms with E-state index in [2.05, 4.69) is 34.3 Å². The van der Waals surface area contributed by atoms with E-state index in [9.17, 15) is 0 Å². The molecular weight excluding hydrogens is 457 g/mol. The van der Waals surface area contributed by atoms with Crippen molar-refractivity contribution in [3.8, 4) is 11.5 Å². The number of aliphatic imine (C=N–C) groups is 1. The van der Waals surface area contributed by atoms with Gasteiger partial charge in [-0.15, -0.1) is 24.0 Å².